The molecule has 0 spiro atoms. The average molecular weight is 1410 g/mol. The first-order valence-electron chi connectivity index (χ1n) is 33.7. The lowest BCUT2D eigenvalue weighted by molar-refractivity contribution is -0.248. The van der Waals surface area contributed by atoms with Gasteiger partial charge in [-0.25, -0.2) is 19.6 Å². The number of aliphatic carboxylic acids is 1. The molecule has 4 bridgehead atoms. The van der Waals surface area contributed by atoms with Crippen LogP contribution in [0, 0.1) is 35.0 Å². The van der Waals surface area contributed by atoms with Gasteiger partial charge < -0.3 is 40.1 Å². The Balaban J connectivity index is 0.737. The molecule has 4 aliphatic carbocycles. The molecule has 0 radical (unpaired) electrons. The normalized spacial score (nSPS) is 21.3. The van der Waals surface area contributed by atoms with E-state index in [4.69, 9.17) is 19.6 Å². The minimum atomic E-state index is -4.55. The van der Waals surface area contributed by atoms with Crippen LogP contribution in [0.25, 0.3) is 21.3 Å². The number of aromatic nitrogens is 4. The second kappa shape index (κ2) is 29.1. The van der Waals surface area contributed by atoms with Gasteiger partial charge in [-0.15, -0.1) is 0 Å². The fourth-order valence-electron chi connectivity index (χ4n) is 16.6. The highest BCUT2D eigenvalue weighted by Crippen LogP contribution is 2.72. The number of nitrogens with one attached hydrogen (secondary N) is 3. The number of aromatic carboxylic acids is 1. The molecule has 2 unspecified atom stereocenters. The van der Waals surface area contributed by atoms with Crippen LogP contribution in [0.15, 0.2) is 91.1 Å². The van der Waals surface area contributed by atoms with Crippen molar-refractivity contribution in [2.75, 3.05) is 54.1 Å². The van der Waals surface area contributed by atoms with Crippen LogP contribution in [0.3, 0.4) is 0 Å². The number of carboxylic acid groups (broad SMARTS) is 2. The lowest BCUT2D eigenvalue weighted by Gasteiger charge is -2.69. The quantitative estimate of drug-likeness (QED) is 0.0139. The second-order valence-corrected chi connectivity index (χ2v) is 31.4. The van der Waals surface area contributed by atoms with Crippen molar-refractivity contribution in [1.29, 1.82) is 0 Å². The van der Waals surface area contributed by atoms with E-state index in [0.717, 1.165) is 76.2 Å². The number of unbranched alkanes of at least 4 members (excludes halogenated alkanes) is 1. The number of para-hydroxylation sites is 1. The van der Waals surface area contributed by atoms with Crippen LogP contribution < -0.4 is 20.9 Å². The van der Waals surface area contributed by atoms with Gasteiger partial charge in [0.2, 0.25) is 11.8 Å². The van der Waals surface area contributed by atoms with Crippen LogP contribution in [-0.2, 0) is 80.9 Å². The van der Waals surface area contributed by atoms with Crippen molar-refractivity contribution in [2.24, 2.45) is 28.1 Å². The number of carbonyl (C=O) groups is 9. The highest BCUT2D eigenvalue weighted by atomic mass is 32.2. The van der Waals surface area contributed by atoms with Crippen LogP contribution in [0.4, 0.5) is 21.4 Å². The molecule has 0 saturated heterocycles. The predicted octanol–water partition coefficient (Wildman–Crippen LogP) is 9.44. The number of fused-ring (bicyclic) bond motifs is 2. The van der Waals surface area contributed by atoms with Gasteiger partial charge in [0.25, 0.3) is 27.8 Å². The Labute approximate surface area is 583 Å². The van der Waals surface area contributed by atoms with E-state index >= 15 is 0 Å². The Hall–Kier alpha value is -9.25. The molecule has 12 rings (SSSR count). The largest absolute Gasteiger partial charge is 0.481 e. The summed E-state index contributed by atoms with van der Waals surface area (Å²) in [6.07, 6.45) is 9.06. The lowest BCUT2D eigenvalue weighted by atomic mass is 9.39. The topological polar surface area (TPSA) is 356 Å². The second-order valence-electron chi connectivity index (χ2n) is 28.8. The third-order valence-electron chi connectivity index (χ3n) is 20.0. The maximum atomic E-state index is 14.1. The molecule has 3 aromatic carbocycles. The number of carboxylic acids is 2. The standard InChI is InChI=1S/C72H84N10O16S2/c1-43(2)62(77-58(84)34-81-59(85)22-23-60(81)86)55(83)30-44(3)64(89)74-49-19-18-48(47(31-49)12-7-10-17-61(87)88)35-97-68(93)79(27-29-100(94,95)96)26-28-98-72-39-69(5)36-70(6,40-72)38-71(37-69,41-72)42-82-45(4)52(32-73-82)50-20-21-57(76-63(50)66(91)92)80-25-24-46-13-11-14-51(53(46)33-80)65(90)78-67-75-54-15-8-9-16-56(54)99-67/h8-9,11,13-16,18-23,31-32,43-44,62H,7,10,12,17,24-30,33-42H2,1-6H3,(H,74,89)(H,77,84)(H,87,88)(H,91,92)(H,75,78,90)(H,94,95,96)/t44-,62+,69?,70?,71?,72?/m1/s1. The zero-order valence-corrected chi connectivity index (χ0v) is 58.5. The van der Waals surface area contributed by atoms with Crippen molar-refractivity contribution in [2.45, 2.75) is 150 Å². The summed E-state index contributed by atoms with van der Waals surface area (Å²) < 4.78 is 50.1. The fraction of sp³-hybridized carbons (Fsp3) is 0.472. The minimum absolute atomic E-state index is 0.00118. The number of carbonyl (C=O) groups excluding carboxylic acids is 7. The first kappa shape index (κ1) is 72.0. The first-order valence-corrected chi connectivity index (χ1v) is 36.1. The van der Waals surface area contributed by atoms with Gasteiger partial charge in [0, 0.05) is 91.7 Å². The highest BCUT2D eigenvalue weighted by Gasteiger charge is 2.66. The van der Waals surface area contributed by atoms with Crippen LogP contribution in [0.1, 0.15) is 148 Å². The zero-order chi connectivity index (χ0) is 71.6. The average Bonchev–Trinajstić information content (AvgIpc) is 0.697. The number of Topliss-reactive ketones (excluding diaryl/α,β-unsaturated/α-hetero) is 1. The summed E-state index contributed by atoms with van der Waals surface area (Å²) in [6.45, 7) is 11.4. The van der Waals surface area contributed by atoms with E-state index in [2.05, 4.69) is 34.8 Å². The number of imide groups is 1. The maximum absolute atomic E-state index is 14.1. The van der Waals surface area contributed by atoms with Gasteiger partial charge in [0.1, 0.15) is 19.0 Å². The third-order valence-corrected chi connectivity index (χ3v) is 21.7. The molecule has 4 saturated carbocycles. The van der Waals surface area contributed by atoms with E-state index < -0.39 is 99.9 Å². The summed E-state index contributed by atoms with van der Waals surface area (Å²) in [6, 6.07) is 20.8. The van der Waals surface area contributed by atoms with Gasteiger partial charge in [-0.3, -0.25) is 53.0 Å². The summed E-state index contributed by atoms with van der Waals surface area (Å²) in [5.74, 6) is -7.08. The number of amides is 6. The van der Waals surface area contributed by atoms with Crippen molar-refractivity contribution in [3.05, 3.63) is 130 Å². The number of aryl methyl sites for hydroxylation is 1. The molecule has 6 amide bonds. The SMILES string of the molecule is Cc1c(-c2ccc(N3CCc4cccc(C(=O)Nc5nc6ccccc6s5)c4C3)nc2C(=O)O)cnn1CC12CC3(C)CC(C)(C1)CC(OCCN(CCS(=O)(=O)O)C(=O)OCc1ccc(NC(=O)[C@H](C)CC(=O)[C@@H](NC(=O)CN4C(=O)C=CC4=O)C(C)C)cc1CCCCC(=O)O)(C3)C2. The molecule has 4 fully saturated rings. The number of rotatable bonds is 30. The summed E-state index contributed by atoms with van der Waals surface area (Å²) >= 11 is 1.40. The maximum Gasteiger partial charge on any atom is 0.410 e. The summed E-state index contributed by atoms with van der Waals surface area (Å²) in [5.41, 5.74) is 5.06. The van der Waals surface area contributed by atoms with Crippen molar-refractivity contribution in [3.63, 3.8) is 0 Å². The molecule has 26 nitrogen and oxygen atoms in total. The lowest BCUT2D eigenvalue weighted by Crippen LogP contribution is -2.64. The van der Waals surface area contributed by atoms with E-state index in [0.29, 0.717) is 96.2 Å². The molecule has 6 aliphatic rings. The molecule has 530 valence electrons. The van der Waals surface area contributed by atoms with Crippen molar-refractivity contribution in [1.82, 2.24) is 34.9 Å². The van der Waals surface area contributed by atoms with Gasteiger partial charge in [0.15, 0.2) is 16.6 Å². The molecule has 28 heteroatoms. The number of ether oxygens (including phenoxy) is 2. The molecule has 6 aromatic rings. The predicted molar refractivity (Wildman–Crippen MR) is 371 cm³/mol. The summed E-state index contributed by atoms with van der Waals surface area (Å²) in [7, 11) is -4.55. The molecular formula is C72H84N10O16S2. The first-order chi connectivity index (χ1) is 47.4. The van der Waals surface area contributed by atoms with Crippen LogP contribution in [-0.4, -0.2) is 156 Å². The van der Waals surface area contributed by atoms with Gasteiger partial charge in [-0.2, -0.15) is 13.5 Å². The van der Waals surface area contributed by atoms with E-state index in [9.17, 15) is 66.3 Å². The number of anilines is 3. The van der Waals surface area contributed by atoms with E-state index in [1.807, 2.05) is 59.0 Å². The highest BCUT2D eigenvalue weighted by molar-refractivity contribution is 7.85. The van der Waals surface area contributed by atoms with E-state index in [-0.39, 0.29) is 60.4 Å². The fourth-order valence-corrected chi connectivity index (χ4v) is 17.9. The number of benzene rings is 3. The van der Waals surface area contributed by atoms with Crippen molar-refractivity contribution in [3.8, 4) is 11.1 Å². The molecule has 3 aromatic heterocycles. The summed E-state index contributed by atoms with van der Waals surface area (Å²) in [5, 5.41) is 33.9. The molecule has 5 heterocycles. The van der Waals surface area contributed by atoms with E-state index in [1.165, 1.54) is 16.2 Å². The Morgan fingerprint density at radius 3 is 2.26 bits per heavy atom. The Morgan fingerprint density at radius 1 is 0.820 bits per heavy atom. The number of hydrogen-bond donors (Lipinski definition) is 6. The Bertz CT molecular complexity index is 4320. The minimum Gasteiger partial charge on any atom is -0.481 e. The van der Waals surface area contributed by atoms with Gasteiger partial charge in [0.05, 0.1) is 40.4 Å². The molecule has 6 N–H and O–H groups in total. The van der Waals surface area contributed by atoms with Gasteiger partial charge in [-0.1, -0.05) is 76.3 Å². The number of pyridine rings is 1. The van der Waals surface area contributed by atoms with Crippen LogP contribution in [0.5, 0.6) is 0 Å². The third kappa shape index (κ3) is 16.6. The smallest absolute Gasteiger partial charge is 0.410 e. The number of nitrogens with zero attached hydrogens (tertiary/aromatic N) is 7. The number of hydrogen-bond acceptors (Lipinski definition) is 18. The van der Waals surface area contributed by atoms with Crippen LogP contribution >= 0.6 is 11.3 Å². The van der Waals surface area contributed by atoms with Crippen molar-refractivity contribution < 1.29 is 75.8 Å². The molecular weight excluding hydrogens is 1320 g/mol. The number of thiazole rings is 1. The molecule has 100 heavy (non-hydrogen) atoms. The van der Waals surface area contributed by atoms with Gasteiger partial charge in [-0.05, 0) is 158 Å². The van der Waals surface area contributed by atoms with Crippen LogP contribution in [0.2, 0.25) is 0 Å². The molecule has 2 aliphatic heterocycles. The Kier molecular flexibility index (Phi) is 21.0. The molecule has 4 atom stereocenters. The number of ketones is 1. The van der Waals surface area contributed by atoms with E-state index in [1.54, 1.807) is 57.3 Å². The zero-order valence-electron chi connectivity index (χ0n) is 56.8. The van der Waals surface area contributed by atoms with Gasteiger partial charge >= 0.3 is 18.0 Å². The monoisotopic (exact) mass is 1410 g/mol. The summed E-state index contributed by atoms with van der Waals surface area (Å²) in [4.78, 5) is 130. The van der Waals surface area contributed by atoms with Crippen molar-refractivity contribution >= 4 is 102 Å². The Morgan fingerprint density at radius 2 is 1.56 bits per heavy atom.